The van der Waals surface area contributed by atoms with E-state index in [4.69, 9.17) is 4.52 Å². The molecule has 0 aliphatic heterocycles. The number of rotatable bonds is 5. The second-order valence-corrected chi connectivity index (χ2v) is 4.74. The number of pyridine rings is 1. The number of carbonyl (C=O) groups excluding carboxylic acids is 1. The summed E-state index contributed by atoms with van der Waals surface area (Å²) in [7, 11) is 0. The fourth-order valence-corrected chi connectivity index (χ4v) is 1.99. The predicted molar refractivity (Wildman–Crippen MR) is 80.0 cm³/mol. The molecule has 1 N–H and O–H groups in total. The molecule has 3 rings (SSSR count). The lowest BCUT2D eigenvalue weighted by Gasteiger charge is -2.02. The van der Waals surface area contributed by atoms with Gasteiger partial charge in [0, 0.05) is 25.4 Å². The summed E-state index contributed by atoms with van der Waals surface area (Å²) in [6.07, 6.45) is 3.44. The average Bonchev–Trinajstić information content (AvgIpc) is 3.04. The van der Waals surface area contributed by atoms with Crippen LogP contribution in [-0.2, 0) is 6.42 Å². The van der Waals surface area contributed by atoms with Crippen molar-refractivity contribution < 1.29 is 13.7 Å². The molecule has 2 aromatic heterocycles. The van der Waals surface area contributed by atoms with Crippen LogP contribution in [0.5, 0.6) is 0 Å². The first kappa shape index (κ1) is 14.8. The molecule has 1 amide bonds. The Bertz CT molecular complexity index is 805. The van der Waals surface area contributed by atoms with Crippen LogP contribution in [0.1, 0.15) is 16.2 Å². The first-order valence-corrected chi connectivity index (χ1v) is 7.00. The van der Waals surface area contributed by atoms with Gasteiger partial charge in [-0.3, -0.25) is 9.78 Å². The Morgan fingerprint density at radius 2 is 2.09 bits per heavy atom. The molecule has 23 heavy (non-hydrogen) atoms. The van der Waals surface area contributed by atoms with Crippen LogP contribution in [-0.4, -0.2) is 27.6 Å². The summed E-state index contributed by atoms with van der Waals surface area (Å²) in [6.45, 7) is 0.326. The fourth-order valence-electron chi connectivity index (χ4n) is 1.99. The van der Waals surface area contributed by atoms with E-state index in [0.717, 1.165) is 0 Å². The van der Waals surface area contributed by atoms with E-state index in [1.165, 1.54) is 12.3 Å². The van der Waals surface area contributed by atoms with Gasteiger partial charge in [-0.2, -0.15) is 4.98 Å². The van der Waals surface area contributed by atoms with Gasteiger partial charge in [0.05, 0.1) is 11.1 Å². The van der Waals surface area contributed by atoms with Crippen LogP contribution >= 0.6 is 0 Å². The largest absolute Gasteiger partial charge is 0.351 e. The SMILES string of the molecule is O=C(NCCc1nc(-c2ccccc2F)no1)c1cccnc1. The Morgan fingerprint density at radius 3 is 2.87 bits per heavy atom. The molecule has 0 fully saturated rings. The van der Waals surface area contributed by atoms with Crippen molar-refractivity contribution in [2.75, 3.05) is 6.54 Å². The van der Waals surface area contributed by atoms with Crippen LogP contribution < -0.4 is 5.32 Å². The van der Waals surface area contributed by atoms with Crippen molar-refractivity contribution in [3.63, 3.8) is 0 Å². The first-order chi connectivity index (χ1) is 11.2. The van der Waals surface area contributed by atoms with Gasteiger partial charge >= 0.3 is 0 Å². The lowest BCUT2D eigenvalue weighted by molar-refractivity contribution is 0.0953. The lowest BCUT2D eigenvalue weighted by atomic mass is 10.2. The topological polar surface area (TPSA) is 80.9 Å². The van der Waals surface area contributed by atoms with E-state index in [9.17, 15) is 9.18 Å². The average molecular weight is 312 g/mol. The van der Waals surface area contributed by atoms with Gasteiger partial charge in [0.25, 0.3) is 5.91 Å². The molecule has 6 nitrogen and oxygen atoms in total. The van der Waals surface area contributed by atoms with Crippen LogP contribution in [0, 0.1) is 5.82 Å². The van der Waals surface area contributed by atoms with Gasteiger partial charge in [0.15, 0.2) is 0 Å². The number of halogens is 1. The summed E-state index contributed by atoms with van der Waals surface area (Å²) in [4.78, 5) is 19.8. The number of aromatic nitrogens is 3. The van der Waals surface area contributed by atoms with Crippen LogP contribution in [0.15, 0.2) is 53.3 Å². The molecule has 1 aromatic carbocycles. The molecule has 0 aliphatic carbocycles. The van der Waals surface area contributed by atoms with E-state index in [1.807, 2.05) is 0 Å². The highest BCUT2D eigenvalue weighted by Crippen LogP contribution is 2.19. The van der Waals surface area contributed by atoms with E-state index >= 15 is 0 Å². The number of carbonyl (C=O) groups is 1. The summed E-state index contributed by atoms with van der Waals surface area (Å²) < 4.78 is 18.7. The summed E-state index contributed by atoms with van der Waals surface area (Å²) in [5.74, 6) is -0.122. The molecule has 3 aromatic rings. The molecule has 0 saturated heterocycles. The van der Waals surface area contributed by atoms with Crippen molar-refractivity contribution in [2.24, 2.45) is 0 Å². The standard InChI is InChI=1S/C16H13FN4O2/c17-13-6-2-1-5-12(13)15-20-14(23-21-15)7-9-19-16(22)11-4-3-8-18-10-11/h1-6,8,10H,7,9H2,(H,19,22). The number of benzene rings is 1. The molecular weight excluding hydrogens is 299 g/mol. The summed E-state index contributed by atoms with van der Waals surface area (Å²) in [6, 6.07) is 9.56. The van der Waals surface area contributed by atoms with E-state index in [2.05, 4.69) is 20.4 Å². The maximum Gasteiger partial charge on any atom is 0.252 e. The van der Waals surface area contributed by atoms with Crippen molar-refractivity contribution in [1.29, 1.82) is 0 Å². The van der Waals surface area contributed by atoms with Crippen LogP contribution in [0.2, 0.25) is 0 Å². The van der Waals surface area contributed by atoms with Gasteiger partial charge in [-0.25, -0.2) is 4.39 Å². The Morgan fingerprint density at radius 1 is 1.22 bits per heavy atom. The van der Waals surface area contributed by atoms with Gasteiger partial charge in [0.1, 0.15) is 5.82 Å². The van der Waals surface area contributed by atoms with Crippen molar-refractivity contribution >= 4 is 5.91 Å². The molecule has 0 atom stereocenters. The normalized spacial score (nSPS) is 10.5. The third kappa shape index (κ3) is 3.57. The fraction of sp³-hybridized carbons (Fsp3) is 0.125. The van der Waals surface area contributed by atoms with Crippen molar-refractivity contribution in [3.8, 4) is 11.4 Å². The van der Waals surface area contributed by atoms with E-state index in [1.54, 1.807) is 36.5 Å². The molecule has 0 radical (unpaired) electrons. The molecule has 0 spiro atoms. The number of nitrogens with zero attached hydrogens (tertiary/aromatic N) is 3. The predicted octanol–water partition coefficient (Wildman–Crippen LogP) is 2.24. The Hall–Kier alpha value is -3.09. The highest BCUT2D eigenvalue weighted by atomic mass is 19.1. The second-order valence-electron chi connectivity index (χ2n) is 4.74. The molecule has 0 aliphatic rings. The van der Waals surface area contributed by atoms with Gasteiger partial charge < -0.3 is 9.84 Å². The number of hydrogen-bond acceptors (Lipinski definition) is 5. The van der Waals surface area contributed by atoms with Gasteiger partial charge in [-0.1, -0.05) is 17.3 Å². The highest BCUT2D eigenvalue weighted by Gasteiger charge is 2.12. The number of hydrogen-bond donors (Lipinski definition) is 1. The van der Waals surface area contributed by atoms with Gasteiger partial charge in [0.2, 0.25) is 11.7 Å². The maximum atomic E-state index is 13.6. The zero-order valence-corrected chi connectivity index (χ0v) is 12.1. The highest BCUT2D eigenvalue weighted by molar-refractivity contribution is 5.93. The van der Waals surface area contributed by atoms with Crippen LogP contribution in [0.25, 0.3) is 11.4 Å². The van der Waals surface area contributed by atoms with Crippen LogP contribution in [0.3, 0.4) is 0 Å². The summed E-state index contributed by atoms with van der Waals surface area (Å²) >= 11 is 0. The van der Waals surface area contributed by atoms with Crippen LogP contribution in [0.4, 0.5) is 4.39 Å². The van der Waals surface area contributed by atoms with E-state index in [-0.39, 0.29) is 17.3 Å². The zero-order valence-electron chi connectivity index (χ0n) is 12.1. The lowest BCUT2D eigenvalue weighted by Crippen LogP contribution is -2.25. The number of amides is 1. The minimum Gasteiger partial charge on any atom is -0.351 e. The summed E-state index contributed by atoms with van der Waals surface area (Å²) in [5.41, 5.74) is 0.756. The molecule has 116 valence electrons. The Labute approximate surface area is 131 Å². The minimum absolute atomic E-state index is 0.191. The zero-order chi connectivity index (χ0) is 16.1. The Balaban J connectivity index is 1.58. The smallest absolute Gasteiger partial charge is 0.252 e. The van der Waals surface area contributed by atoms with Crippen molar-refractivity contribution in [1.82, 2.24) is 20.4 Å². The van der Waals surface area contributed by atoms with Crippen molar-refractivity contribution in [3.05, 3.63) is 66.1 Å². The third-order valence-electron chi connectivity index (χ3n) is 3.13. The van der Waals surface area contributed by atoms with Gasteiger partial charge in [-0.05, 0) is 24.3 Å². The Kier molecular flexibility index (Phi) is 4.37. The van der Waals surface area contributed by atoms with E-state index in [0.29, 0.717) is 24.4 Å². The molecule has 2 heterocycles. The quantitative estimate of drug-likeness (QED) is 0.781. The van der Waals surface area contributed by atoms with Gasteiger partial charge in [-0.15, -0.1) is 0 Å². The molecule has 0 saturated carbocycles. The van der Waals surface area contributed by atoms with Crippen molar-refractivity contribution in [2.45, 2.75) is 6.42 Å². The first-order valence-electron chi connectivity index (χ1n) is 7.00. The second kappa shape index (κ2) is 6.78. The maximum absolute atomic E-state index is 13.6. The molecular formula is C16H13FN4O2. The monoisotopic (exact) mass is 312 g/mol. The molecule has 0 bridgehead atoms. The number of nitrogens with one attached hydrogen (secondary N) is 1. The molecule has 0 unspecified atom stereocenters. The van der Waals surface area contributed by atoms with E-state index < -0.39 is 5.82 Å². The third-order valence-corrected chi connectivity index (χ3v) is 3.13. The summed E-state index contributed by atoms with van der Waals surface area (Å²) in [5, 5.41) is 6.48. The molecule has 7 heteroatoms. The minimum atomic E-state index is -0.412.